The van der Waals surface area contributed by atoms with Gasteiger partial charge in [-0.1, -0.05) is 6.07 Å². The maximum absolute atomic E-state index is 13.5. The van der Waals surface area contributed by atoms with Crippen molar-refractivity contribution in [2.24, 2.45) is 0 Å². The monoisotopic (exact) mass is 243 g/mol. The van der Waals surface area contributed by atoms with E-state index in [-0.39, 0.29) is 17.8 Å². The zero-order valence-corrected chi connectivity index (χ0v) is 10.0. The van der Waals surface area contributed by atoms with Crippen LogP contribution in [0.4, 0.5) is 10.1 Å². The van der Waals surface area contributed by atoms with Crippen LogP contribution in [0, 0.1) is 5.82 Å². The number of alkyl halides is 1. The van der Waals surface area contributed by atoms with Gasteiger partial charge in [-0.05, 0) is 18.6 Å². The first-order valence-electron chi connectivity index (χ1n) is 5.37. The Morgan fingerprint density at radius 1 is 1.56 bits per heavy atom. The highest BCUT2D eigenvalue weighted by molar-refractivity contribution is 6.17. The lowest BCUT2D eigenvalue weighted by molar-refractivity contribution is 0.121. The summed E-state index contributed by atoms with van der Waals surface area (Å²) in [5, 5.41) is 0. The summed E-state index contributed by atoms with van der Waals surface area (Å²) in [6.07, 6.45) is 1.22. The van der Waals surface area contributed by atoms with E-state index < -0.39 is 0 Å². The van der Waals surface area contributed by atoms with Gasteiger partial charge >= 0.3 is 0 Å². The van der Waals surface area contributed by atoms with E-state index in [0.29, 0.717) is 5.56 Å². The normalized spacial score (nSPS) is 20.4. The smallest absolute Gasteiger partial charge is 0.129 e. The second-order valence-electron chi connectivity index (χ2n) is 3.96. The van der Waals surface area contributed by atoms with Gasteiger partial charge in [0.2, 0.25) is 0 Å². The maximum atomic E-state index is 13.5. The summed E-state index contributed by atoms with van der Waals surface area (Å²) >= 11 is 5.79. The van der Waals surface area contributed by atoms with Crippen LogP contribution in [-0.4, -0.2) is 26.3 Å². The van der Waals surface area contributed by atoms with Crippen molar-refractivity contribution in [3.8, 4) is 0 Å². The van der Waals surface area contributed by atoms with Crippen LogP contribution in [0.15, 0.2) is 18.2 Å². The second kappa shape index (κ2) is 5.02. The van der Waals surface area contributed by atoms with E-state index in [0.717, 1.165) is 25.2 Å². The first kappa shape index (κ1) is 11.7. The molecule has 16 heavy (non-hydrogen) atoms. The molecule has 88 valence electrons. The van der Waals surface area contributed by atoms with Crippen LogP contribution in [0.1, 0.15) is 12.0 Å². The molecule has 2 nitrogen and oxygen atoms in total. The lowest BCUT2D eigenvalue weighted by atomic mass is 10.1. The Labute approximate surface area is 100.0 Å². The molecule has 1 saturated heterocycles. The molecule has 1 aromatic rings. The maximum Gasteiger partial charge on any atom is 0.129 e. The molecule has 1 aliphatic rings. The molecule has 1 unspecified atom stereocenters. The molecular weight excluding hydrogens is 229 g/mol. The van der Waals surface area contributed by atoms with Crippen LogP contribution in [0.5, 0.6) is 0 Å². The van der Waals surface area contributed by atoms with Crippen molar-refractivity contribution < 1.29 is 9.13 Å². The van der Waals surface area contributed by atoms with Crippen molar-refractivity contribution in [3.05, 3.63) is 29.6 Å². The Morgan fingerprint density at radius 3 is 3.00 bits per heavy atom. The van der Waals surface area contributed by atoms with E-state index in [2.05, 4.69) is 4.90 Å². The number of methoxy groups -OCH3 is 1. The average Bonchev–Trinajstić information content (AvgIpc) is 2.77. The molecule has 0 spiro atoms. The number of ether oxygens (including phenoxy) is 1. The summed E-state index contributed by atoms with van der Waals surface area (Å²) in [6, 6.07) is 5.09. The van der Waals surface area contributed by atoms with Crippen molar-refractivity contribution in [1.29, 1.82) is 0 Å². The Hall–Kier alpha value is -0.800. The minimum Gasteiger partial charge on any atom is -0.380 e. The molecule has 0 N–H and O–H groups in total. The van der Waals surface area contributed by atoms with Crippen molar-refractivity contribution in [2.45, 2.75) is 18.4 Å². The molecule has 0 amide bonds. The largest absolute Gasteiger partial charge is 0.380 e. The van der Waals surface area contributed by atoms with E-state index in [9.17, 15) is 4.39 Å². The molecule has 0 aromatic heterocycles. The second-order valence-corrected chi connectivity index (χ2v) is 4.23. The summed E-state index contributed by atoms with van der Waals surface area (Å²) in [5.41, 5.74) is 1.48. The van der Waals surface area contributed by atoms with Gasteiger partial charge in [-0.15, -0.1) is 11.6 Å². The summed E-state index contributed by atoms with van der Waals surface area (Å²) < 4.78 is 18.8. The predicted molar refractivity (Wildman–Crippen MR) is 63.6 cm³/mol. The van der Waals surface area contributed by atoms with Crippen LogP contribution >= 0.6 is 11.6 Å². The molecule has 1 aromatic carbocycles. The fourth-order valence-corrected chi connectivity index (χ4v) is 2.38. The fraction of sp³-hybridized carbons (Fsp3) is 0.500. The Kier molecular flexibility index (Phi) is 3.66. The fourth-order valence-electron chi connectivity index (χ4n) is 2.12. The summed E-state index contributed by atoms with van der Waals surface area (Å²) in [6.45, 7) is 1.70. The molecule has 1 aliphatic heterocycles. The van der Waals surface area contributed by atoms with Gasteiger partial charge in [0.25, 0.3) is 0 Å². The molecule has 0 saturated carbocycles. The number of halogens is 2. The molecule has 2 rings (SSSR count). The SMILES string of the molecule is COC1CCN(c2cccc(F)c2CCl)C1. The highest BCUT2D eigenvalue weighted by Crippen LogP contribution is 2.28. The third kappa shape index (κ3) is 2.15. The molecule has 1 atom stereocenters. The molecule has 0 aliphatic carbocycles. The standard InChI is InChI=1S/C12H15ClFNO/c1-16-9-5-6-15(8-9)12-4-2-3-11(14)10(12)7-13/h2-4,9H,5-8H2,1H3. The van der Waals surface area contributed by atoms with Crippen molar-refractivity contribution in [3.63, 3.8) is 0 Å². The number of hydrogen-bond acceptors (Lipinski definition) is 2. The molecule has 0 radical (unpaired) electrons. The Bertz CT molecular complexity index is 372. The van der Waals surface area contributed by atoms with Gasteiger partial charge in [0, 0.05) is 31.5 Å². The van der Waals surface area contributed by atoms with Crippen molar-refractivity contribution in [2.75, 3.05) is 25.1 Å². The van der Waals surface area contributed by atoms with Crippen molar-refractivity contribution >= 4 is 17.3 Å². The van der Waals surface area contributed by atoms with E-state index in [1.165, 1.54) is 6.07 Å². The molecule has 0 bridgehead atoms. The van der Waals surface area contributed by atoms with Gasteiger partial charge in [-0.2, -0.15) is 0 Å². The lowest BCUT2D eigenvalue weighted by Crippen LogP contribution is -2.23. The van der Waals surface area contributed by atoms with Crippen LogP contribution in [-0.2, 0) is 10.6 Å². The van der Waals surface area contributed by atoms with Crippen molar-refractivity contribution in [1.82, 2.24) is 0 Å². The molecule has 1 heterocycles. The van der Waals surface area contributed by atoms with Gasteiger partial charge in [0.05, 0.1) is 12.0 Å². The van der Waals surface area contributed by atoms with Gasteiger partial charge in [0.1, 0.15) is 5.82 Å². The highest BCUT2D eigenvalue weighted by Gasteiger charge is 2.24. The minimum atomic E-state index is -0.228. The number of anilines is 1. The Balaban J connectivity index is 2.24. The summed E-state index contributed by atoms with van der Waals surface area (Å²) in [5.74, 6) is -0.0238. The molecule has 4 heteroatoms. The lowest BCUT2D eigenvalue weighted by Gasteiger charge is -2.21. The van der Waals surface area contributed by atoms with Gasteiger partial charge in [0.15, 0.2) is 0 Å². The first-order valence-corrected chi connectivity index (χ1v) is 5.90. The quantitative estimate of drug-likeness (QED) is 0.757. The van der Waals surface area contributed by atoms with Gasteiger partial charge < -0.3 is 9.64 Å². The molecular formula is C12H15ClFNO. The number of benzene rings is 1. The van der Waals surface area contributed by atoms with Crippen LogP contribution in [0.25, 0.3) is 0 Å². The van der Waals surface area contributed by atoms with E-state index in [1.54, 1.807) is 13.2 Å². The highest BCUT2D eigenvalue weighted by atomic mass is 35.5. The number of rotatable bonds is 3. The van der Waals surface area contributed by atoms with Crippen LogP contribution in [0.2, 0.25) is 0 Å². The zero-order valence-electron chi connectivity index (χ0n) is 9.25. The van der Waals surface area contributed by atoms with E-state index >= 15 is 0 Å². The molecule has 1 fully saturated rings. The predicted octanol–water partition coefficient (Wildman–Crippen LogP) is 2.79. The van der Waals surface area contributed by atoms with Gasteiger partial charge in [-0.3, -0.25) is 0 Å². The number of hydrogen-bond donors (Lipinski definition) is 0. The number of nitrogens with zero attached hydrogens (tertiary/aromatic N) is 1. The van der Waals surface area contributed by atoms with E-state index in [4.69, 9.17) is 16.3 Å². The van der Waals surface area contributed by atoms with Gasteiger partial charge in [-0.25, -0.2) is 4.39 Å². The topological polar surface area (TPSA) is 12.5 Å². The third-order valence-corrected chi connectivity index (χ3v) is 3.31. The zero-order chi connectivity index (χ0) is 11.5. The summed E-state index contributed by atoms with van der Waals surface area (Å²) in [7, 11) is 1.71. The third-order valence-electron chi connectivity index (χ3n) is 3.05. The van der Waals surface area contributed by atoms with Crippen LogP contribution in [0.3, 0.4) is 0 Å². The first-order chi connectivity index (χ1) is 7.76. The summed E-state index contributed by atoms with van der Waals surface area (Å²) in [4.78, 5) is 2.13. The average molecular weight is 244 g/mol. The van der Waals surface area contributed by atoms with E-state index in [1.807, 2.05) is 6.07 Å². The Morgan fingerprint density at radius 2 is 2.38 bits per heavy atom. The minimum absolute atomic E-state index is 0.205. The van der Waals surface area contributed by atoms with Crippen LogP contribution < -0.4 is 4.90 Å².